The van der Waals surface area contributed by atoms with E-state index in [9.17, 15) is 8.42 Å². The van der Waals surface area contributed by atoms with Gasteiger partial charge in [0.15, 0.2) is 0 Å². The second-order valence-electron chi connectivity index (χ2n) is 3.34. The van der Waals surface area contributed by atoms with Crippen LogP contribution < -0.4 is 9.46 Å². The minimum Gasteiger partial charge on any atom is -0.476 e. The number of nitrogens with one attached hydrogen (secondary N) is 1. The molecule has 0 bridgehead atoms. The quantitative estimate of drug-likeness (QED) is 0.743. The first kappa shape index (κ1) is 12.9. The standard InChI is InChI=1S/C10H16N2O3S/c1-3-9-5-4-6-11-10(9)15-8-7-12-16(2,13)14/h4-6,12H,3,7-8H2,1-2H3. The minimum atomic E-state index is -3.14. The summed E-state index contributed by atoms with van der Waals surface area (Å²) in [4.78, 5) is 4.08. The van der Waals surface area contributed by atoms with Crippen molar-refractivity contribution in [1.29, 1.82) is 0 Å². The molecular weight excluding hydrogens is 228 g/mol. The molecule has 0 aliphatic rings. The summed E-state index contributed by atoms with van der Waals surface area (Å²) in [5.41, 5.74) is 1.02. The highest BCUT2D eigenvalue weighted by Gasteiger charge is 2.03. The summed E-state index contributed by atoms with van der Waals surface area (Å²) < 4.78 is 29.3. The van der Waals surface area contributed by atoms with Gasteiger partial charge in [0, 0.05) is 18.3 Å². The molecule has 0 unspecified atom stereocenters. The molecule has 1 heterocycles. The van der Waals surface area contributed by atoms with Gasteiger partial charge in [-0.15, -0.1) is 0 Å². The van der Waals surface area contributed by atoms with E-state index in [2.05, 4.69) is 9.71 Å². The van der Waals surface area contributed by atoms with E-state index in [0.29, 0.717) is 5.88 Å². The van der Waals surface area contributed by atoms with Crippen LogP contribution in [0.1, 0.15) is 12.5 Å². The SMILES string of the molecule is CCc1cccnc1OCCNS(C)(=O)=O. The Kier molecular flexibility index (Phi) is 4.70. The molecule has 1 aromatic heterocycles. The number of nitrogens with zero attached hydrogens (tertiary/aromatic N) is 1. The Morgan fingerprint density at radius 3 is 2.88 bits per heavy atom. The zero-order valence-corrected chi connectivity index (χ0v) is 10.3. The maximum Gasteiger partial charge on any atom is 0.216 e. The molecule has 1 aromatic rings. The fraction of sp³-hybridized carbons (Fsp3) is 0.500. The molecule has 0 fully saturated rings. The summed E-state index contributed by atoms with van der Waals surface area (Å²) in [6.07, 6.45) is 3.60. The Bertz CT molecular complexity index is 431. The topological polar surface area (TPSA) is 68.3 Å². The summed E-state index contributed by atoms with van der Waals surface area (Å²) in [5.74, 6) is 0.570. The van der Waals surface area contributed by atoms with E-state index in [1.54, 1.807) is 6.20 Å². The van der Waals surface area contributed by atoms with Crippen LogP contribution in [0.25, 0.3) is 0 Å². The first-order valence-corrected chi connectivity index (χ1v) is 6.93. The van der Waals surface area contributed by atoms with Gasteiger partial charge in [-0.1, -0.05) is 13.0 Å². The van der Waals surface area contributed by atoms with Crippen molar-refractivity contribution in [2.24, 2.45) is 0 Å². The van der Waals surface area contributed by atoms with Gasteiger partial charge in [-0.05, 0) is 12.5 Å². The molecule has 1 N–H and O–H groups in total. The van der Waals surface area contributed by atoms with Crippen LogP contribution in [0.5, 0.6) is 5.88 Å². The number of aryl methyl sites for hydroxylation is 1. The highest BCUT2D eigenvalue weighted by Crippen LogP contribution is 2.13. The molecule has 0 aliphatic heterocycles. The van der Waals surface area contributed by atoms with E-state index in [4.69, 9.17) is 4.74 Å². The lowest BCUT2D eigenvalue weighted by atomic mass is 10.2. The number of ether oxygens (including phenoxy) is 1. The van der Waals surface area contributed by atoms with Crippen LogP contribution in [0.4, 0.5) is 0 Å². The normalized spacial score (nSPS) is 11.4. The van der Waals surface area contributed by atoms with Gasteiger partial charge in [-0.2, -0.15) is 0 Å². The first-order valence-electron chi connectivity index (χ1n) is 5.04. The summed E-state index contributed by atoms with van der Waals surface area (Å²) >= 11 is 0. The molecule has 0 atom stereocenters. The van der Waals surface area contributed by atoms with Crippen molar-refractivity contribution in [3.05, 3.63) is 23.9 Å². The Morgan fingerprint density at radius 2 is 2.25 bits per heavy atom. The van der Waals surface area contributed by atoms with Gasteiger partial charge in [0.2, 0.25) is 15.9 Å². The predicted molar refractivity (Wildman–Crippen MR) is 62.0 cm³/mol. The average molecular weight is 244 g/mol. The van der Waals surface area contributed by atoms with Crippen LogP contribution in [0.3, 0.4) is 0 Å². The lowest BCUT2D eigenvalue weighted by Crippen LogP contribution is -2.27. The molecule has 0 aliphatic carbocycles. The second kappa shape index (κ2) is 5.81. The van der Waals surface area contributed by atoms with E-state index in [1.807, 2.05) is 19.1 Å². The van der Waals surface area contributed by atoms with Crippen LogP contribution in [0, 0.1) is 0 Å². The van der Waals surface area contributed by atoms with E-state index < -0.39 is 10.0 Å². The zero-order valence-electron chi connectivity index (χ0n) is 9.43. The van der Waals surface area contributed by atoms with E-state index in [-0.39, 0.29) is 13.2 Å². The highest BCUT2D eigenvalue weighted by molar-refractivity contribution is 7.88. The summed E-state index contributed by atoms with van der Waals surface area (Å²) in [5, 5.41) is 0. The number of sulfonamides is 1. The van der Waals surface area contributed by atoms with Gasteiger partial charge in [0.25, 0.3) is 0 Å². The minimum absolute atomic E-state index is 0.249. The largest absolute Gasteiger partial charge is 0.476 e. The third-order valence-corrected chi connectivity index (χ3v) is 2.66. The van der Waals surface area contributed by atoms with Crippen molar-refractivity contribution >= 4 is 10.0 Å². The first-order chi connectivity index (χ1) is 7.53. The zero-order chi connectivity index (χ0) is 12.0. The fourth-order valence-electron chi connectivity index (χ4n) is 1.20. The molecule has 0 radical (unpaired) electrons. The van der Waals surface area contributed by atoms with Gasteiger partial charge in [-0.25, -0.2) is 18.1 Å². The van der Waals surface area contributed by atoms with Crippen LogP contribution in [-0.4, -0.2) is 32.8 Å². The van der Waals surface area contributed by atoms with Crippen LogP contribution in [0.15, 0.2) is 18.3 Å². The smallest absolute Gasteiger partial charge is 0.216 e. The van der Waals surface area contributed by atoms with Crippen LogP contribution in [0.2, 0.25) is 0 Å². The molecule has 0 aromatic carbocycles. The van der Waals surface area contributed by atoms with Crippen molar-refractivity contribution in [1.82, 2.24) is 9.71 Å². The second-order valence-corrected chi connectivity index (χ2v) is 5.17. The molecule has 0 saturated carbocycles. The van der Waals surface area contributed by atoms with E-state index in [1.165, 1.54) is 0 Å². The van der Waals surface area contributed by atoms with Crippen molar-refractivity contribution in [2.45, 2.75) is 13.3 Å². The Balaban J connectivity index is 2.43. The monoisotopic (exact) mass is 244 g/mol. The molecule has 90 valence electrons. The van der Waals surface area contributed by atoms with E-state index >= 15 is 0 Å². The third kappa shape index (κ3) is 4.59. The summed E-state index contributed by atoms with van der Waals surface area (Å²) in [7, 11) is -3.14. The van der Waals surface area contributed by atoms with Crippen molar-refractivity contribution < 1.29 is 13.2 Å². The molecular formula is C10H16N2O3S. The average Bonchev–Trinajstić information content (AvgIpc) is 2.23. The van der Waals surface area contributed by atoms with Crippen LogP contribution in [-0.2, 0) is 16.4 Å². The Morgan fingerprint density at radius 1 is 1.50 bits per heavy atom. The lowest BCUT2D eigenvalue weighted by molar-refractivity contribution is 0.307. The number of pyridine rings is 1. The lowest BCUT2D eigenvalue weighted by Gasteiger charge is -2.08. The number of rotatable bonds is 6. The molecule has 0 amide bonds. The molecule has 6 heteroatoms. The van der Waals surface area contributed by atoms with Gasteiger partial charge >= 0.3 is 0 Å². The van der Waals surface area contributed by atoms with Crippen molar-refractivity contribution in [3.63, 3.8) is 0 Å². The fourth-order valence-corrected chi connectivity index (χ4v) is 1.65. The molecule has 16 heavy (non-hydrogen) atoms. The number of hydrogen-bond donors (Lipinski definition) is 1. The summed E-state index contributed by atoms with van der Waals surface area (Å²) in [6, 6.07) is 3.78. The number of hydrogen-bond acceptors (Lipinski definition) is 4. The van der Waals surface area contributed by atoms with Crippen molar-refractivity contribution in [3.8, 4) is 5.88 Å². The van der Waals surface area contributed by atoms with Gasteiger partial charge in [0.05, 0.1) is 6.26 Å². The number of aromatic nitrogens is 1. The Hall–Kier alpha value is -1.14. The summed E-state index contributed by atoms with van der Waals surface area (Å²) in [6.45, 7) is 2.54. The van der Waals surface area contributed by atoms with Gasteiger partial charge in [-0.3, -0.25) is 0 Å². The predicted octanol–water partition coefficient (Wildman–Crippen LogP) is 0.572. The Labute approximate surface area is 95.9 Å². The molecule has 1 rings (SSSR count). The van der Waals surface area contributed by atoms with Gasteiger partial charge < -0.3 is 4.74 Å². The molecule has 0 spiro atoms. The highest BCUT2D eigenvalue weighted by atomic mass is 32.2. The van der Waals surface area contributed by atoms with Gasteiger partial charge in [0.1, 0.15) is 6.61 Å². The maximum absolute atomic E-state index is 10.8. The van der Waals surface area contributed by atoms with E-state index in [0.717, 1.165) is 18.2 Å². The molecule has 5 nitrogen and oxygen atoms in total. The molecule has 0 saturated heterocycles. The van der Waals surface area contributed by atoms with Crippen molar-refractivity contribution in [2.75, 3.05) is 19.4 Å². The maximum atomic E-state index is 10.8. The van der Waals surface area contributed by atoms with Crippen LogP contribution >= 0.6 is 0 Å². The third-order valence-electron chi connectivity index (χ3n) is 1.94.